The van der Waals surface area contributed by atoms with Crippen molar-refractivity contribution in [1.82, 2.24) is 0 Å². The molecule has 2 nitrogen and oxygen atoms in total. The predicted molar refractivity (Wildman–Crippen MR) is 113 cm³/mol. The second-order valence-corrected chi connectivity index (χ2v) is 8.06. The molecule has 1 N–H and O–H groups in total. The Morgan fingerprint density at radius 1 is 0.846 bits per heavy atom. The van der Waals surface area contributed by atoms with E-state index in [9.17, 15) is 4.79 Å². The van der Waals surface area contributed by atoms with Gasteiger partial charge in [-0.15, -0.1) is 23.5 Å². The Morgan fingerprint density at radius 2 is 1.54 bits per heavy atom. The van der Waals surface area contributed by atoms with Gasteiger partial charge in [-0.1, -0.05) is 54.1 Å². The van der Waals surface area contributed by atoms with E-state index >= 15 is 0 Å². The molecule has 0 bridgehead atoms. The number of para-hydroxylation sites is 1. The third-order valence-electron chi connectivity index (χ3n) is 3.58. The molecule has 0 aliphatic carbocycles. The van der Waals surface area contributed by atoms with Gasteiger partial charge in [0.2, 0.25) is 5.91 Å². The third kappa shape index (κ3) is 5.84. The number of rotatable bonds is 7. The summed E-state index contributed by atoms with van der Waals surface area (Å²) in [5.74, 6) is 1.21. The molecule has 0 spiro atoms. The summed E-state index contributed by atoms with van der Waals surface area (Å²) in [6.45, 7) is 0. The highest BCUT2D eigenvalue weighted by atomic mass is 35.5. The summed E-state index contributed by atoms with van der Waals surface area (Å²) in [7, 11) is 0. The maximum atomic E-state index is 12.3. The molecular formula is C21H18ClNOS2. The second kappa shape index (κ2) is 9.72. The highest BCUT2D eigenvalue weighted by Gasteiger charge is 2.08. The van der Waals surface area contributed by atoms with Gasteiger partial charge in [-0.2, -0.15) is 0 Å². The van der Waals surface area contributed by atoms with Crippen LogP contribution in [0, 0.1) is 0 Å². The predicted octanol–water partition coefficient (Wildman–Crippen LogP) is 6.36. The van der Waals surface area contributed by atoms with Crippen LogP contribution >= 0.6 is 35.1 Å². The van der Waals surface area contributed by atoms with Crippen LogP contribution in [-0.4, -0.2) is 11.7 Å². The molecular weight excluding hydrogens is 382 g/mol. The van der Waals surface area contributed by atoms with Crippen molar-refractivity contribution in [1.29, 1.82) is 0 Å². The lowest BCUT2D eigenvalue weighted by molar-refractivity contribution is -0.113. The molecule has 0 fully saturated rings. The number of nitrogens with one attached hydrogen (secondary N) is 1. The number of hydrogen-bond acceptors (Lipinski definition) is 3. The monoisotopic (exact) mass is 399 g/mol. The number of hydrogen-bond donors (Lipinski definition) is 1. The molecule has 0 atom stereocenters. The number of carbonyl (C=O) groups excluding carboxylic acids is 1. The Labute approximate surface area is 167 Å². The fourth-order valence-electron chi connectivity index (χ4n) is 2.30. The number of thioether (sulfide) groups is 2. The van der Waals surface area contributed by atoms with Crippen molar-refractivity contribution < 1.29 is 4.79 Å². The first-order valence-electron chi connectivity index (χ1n) is 8.15. The minimum atomic E-state index is -0.0160. The van der Waals surface area contributed by atoms with E-state index in [0.717, 1.165) is 21.2 Å². The smallest absolute Gasteiger partial charge is 0.234 e. The van der Waals surface area contributed by atoms with Gasteiger partial charge in [0.1, 0.15) is 0 Å². The maximum absolute atomic E-state index is 12.3. The van der Waals surface area contributed by atoms with Gasteiger partial charge in [0.25, 0.3) is 0 Å². The van der Waals surface area contributed by atoms with Crippen molar-refractivity contribution in [3.63, 3.8) is 0 Å². The van der Waals surface area contributed by atoms with Gasteiger partial charge in [-0.3, -0.25) is 4.79 Å². The zero-order valence-corrected chi connectivity index (χ0v) is 16.4. The van der Waals surface area contributed by atoms with Crippen LogP contribution in [0.25, 0.3) is 0 Å². The third-order valence-corrected chi connectivity index (χ3v) is 5.99. The fourth-order valence-corrected chi connectivity index (χ4v) is 4.09. The quantitative estimate of drug-likeness (QED) is 0.468. The van der Waals surface area contributed by atoms with Crippen LogP contribution in [0.1, 0.15) is 5.56 Å². The van der Waals surface area contributed by atoms with Gasteiger partial charge in [-0.25, -0.2) is 0 Å². The first-order valence-corrected chi connectivity index (χ1v) is 10.5. The molecule has 0 aliphatic heterocycles. The highest BCUT2D eigenvalue weighted by Crippen LogP contribution is 2.30. The van der Waals surface area contributed by atoms with E-state index in [4.69, 9.17) is 11.6 Å². The Bertz CT molecular complexity index is 853. The maximum Gasteiger partial charge on any atom is 0.234 e. The van der Waals surface area contributed by atoms with Gasteiger partial charge in [-0.05, 0) is 42.0 Å². The first kappa shape index (κ1) is 18.9. The van der Waals surface area contributed by atoms with Crippen molar-refractivity contribution in [3.8, 4) is 0 Å². The SMILES string of the molecule is O=C(CSc1ccc(Cl)cc1)Nc1ccccc1SCc1ccccc1. The lowest BCUT2D eigenvalue weighted by Gasteiger charge is -2.11. The lowest BCUT2D eigenvalue weighted by atomic mass is 10.2. The first-order chi connectivity index (χ1) is 12.7. The molecule has 3 aromatic rings. The zero-order chi connectivity index (χ0) is 18.2. The summed E-state index contributed by atoms with van der Waals surface area (Å²) in [6.07, 6.45) is 0. The molecule has 0 heterocycles. The van der Waals surface area contributed by atoms with Crippen LogP contribution < -0.4 is 5.32 Å². The van der Waals surface area contributed by atoms with Crippen LogP contribution in [0.4, 0.5) is 5.69 Å². The molecule has 26 heavy (non-hydrogen) atoms. The minimum absolute atomic E-state index is 0.0160. The van der Waals surface area contributed by atoms with Crippen molar-refractivity contribution in [2.24, 2.45) is 0 Å². The molecule has 1 amide bonds. The molecule has 0 unspecified atom stereocenters. The summed E-state index contributed by atoms with van der Waals surface area (Å²) in [4.78, 5) is 14.4. The Morgan fingerprint density at radius 3 is 2.31 bits per heavy atom. The zero-order valence-electron chi connectivity index (χ0n) is 14.0. The summed E-state index contributed by atoms with van der Waals surface area (Å²) in [6, 6.07) is 25.7. The molecule has 3 rings (SSSR count). The van der Waals surface area contributed by atoms with Crippen LogP contribution in [0.5, 0.6) is 0 Å². The van der Waals surface area contributed by atoms with E-state index < -0.39 is 0 Å². The molecule has 3 aromatic carbocycles. The van der Waals surface area contributed by atoms with E-state index in [-0.39, 0.29) is 5.91 Å². The van der Waals surface area contributed by atoms with Crippen molar-refractivity contribution in [3.05, 3.63) is 89.4 Å². The highest BCUT2D eigenvalue weighted by molar-refractivity contribution is 8.00. The van der Waals surface area contributed by atoms with Crippen LogP contribution in [0.3, 0.4) is 0 Å². The van der Waals surface area contributed by atoms with Gasteiger partial charge < -0.3 is 5.32 Å². The van der Waals surface area contributed by atoms with Crippen molar-refractivity contribution in [2.75, 3.05) is 11.1 Å². The van der Waals surface area contributed by atoms with Gasteiger partial charge >= 0.3 is 0 Å². The number of benzene rings is 3. The van der Waals surface area contributed by atoms with Gasteiger partial charge in [0.05, 0.1) is 11.4 Å². The number of carbonyl (C=O) groups is 1. The van der Waals surface area contributed by atoms with E-state index in [1.54, 1.807) is 11.8 Å². The molecule has 0 saturated heterocycles. The van der Waals surface area contributed by atoms with Gasteiger partial charge in [0, 0.05) is 20.6 Å². The number of amides is 1. The van der Waals surface area contributed by atoms with Gasteiger partial charge in [0.15, 0.2) is 0 Å². The van der Waals surface area contributed by atoms with Crippen LogP contribution in [0.2, 0.25) is 5.02 Å². The van der Waals surface area contributed by atoms with E-state index in [1.165, 1.54) is 17.3 Å². The summed E-state index contributed by atoms with van der Waals surface area (Å²) >= 11 is 9.10. The summed E-state index contributed by atoms with van der Waals surface area (Å²) in [5.41, 5.74) is 2.12. The number of halogens is 1. The Kier molecular flexibility index (Phi) is 7.06. The Balaban J connectivity index is 1.56. The van der Waals surface area contributed by atoms with Crippen LogP contribution in [-0.2, 0) is 10.5 Å². The molecule has 0 radical (unpaired) electrons. The van der Waals surface area contributed by atoms with E-state index in [1.807, 2.05) is 66.7 Å². The van der Waals surface area contributed by atoms with E-state index in [0.29, 0.717) is 10.8 Å². The molecule has 0 aromatic heterocycles. The average molecular weight is 400 g/mol. The topological polar surface area (TPSA) is 29.1 Å². The molecule has 0 aliphatic rings. The molecule has 132 valence electrons. The minimum Gasteiger partial charge on any atom is -0.324 e. The van der Waals surface area contributed by atoms with E-state index in [2.05, 4.69) is 17.4 Å². The fraction of sp³-hybridized carbons (Fsp3) is 0.0952. The normalized spacial score (nSPS) is 10.5. The standard InChI is InChI=1S/C21H18ClNOS2/c22-17-10-12-18(13-11-17)25-15-21(24)23-19-8-4-5-9-20(19)26-14-16-6-2-1-3-7-16/h1-13H,14-15H2,(H,23,24). The largest absolute Gasteiger partial charge is 0.324 e. The molecule has 0 saturated carbocycles. The summed E-state index contributed by atoms with van der Waals surface area (Å²) in [5, 5.41) is 3.72. The lowest BCUT2D eigenvalue weighted by Crippen LogP contribution is -2.14. The van der Waals surface area contributed by atoms with Crippen LogP contribution in [0.15, 0.2) is 88.7 Å². The average Bonchev–Trinajstić information content (AvgIpc) is 2.68. The Hall–Kier alpha value is -1.88. The molecule has 5 heteroatoms. The summed E-state index contributed by atoms with van der Waals surface area (Å²) < 4.78 is 0. The second-order valence-electron chi connectivity index (χ2n) is 5.56. The van der Waals surface area contributed by atoms with Crippen molar-refractivity contribution >= 4 is 46.7 Å². The van der Waals surface area contributed by atoms with Crippen molar-refractivity contribution in [2.45, 2.75) is 15.5 Å². The number of anilines is 1.